The highest BCUT2D eigenvalue weighted by Gasteiger charge is 2.16. The third-order valence-electron chi connectivity index (χ3n) is 0.760. The number of hydrogen-bond donors (Lipinski definition) is 0. The predicted molar refractivity (Wildman–Crippen MR) is 55.9 cm³/mol. The minimum atomic E-state index is -2.77. The lowest BCUT2D eigenvalue weighted by molar-refractivity contribution is 0.599. The number of alkyl halides is 2. The van der Waals surface area contributed by atoms with Gasteiger partial charge in [-0.05, 0) is 6.42 Å². The number of halogens is 2. The molecule has 0 spiro atoms. The molecule has 0 aliphatic heterocycles. The average molecular weight is 374 g/mol. The maximum Gasteiger partial charge on any atom is 0.171 e. The lowest BCUT2D eigenvalue weighted by Crippen LogP contribution is -2.11. The smallest absolute Gasteiger partial charge is 0.171 e. The summed E-state index contributed by atoms with van der Waals surface area (Å²) < 4.78 is 21.6. The second-order valence-electron chi connectivity index (χ2n) is 1.63. The first-order chi connectivity index (χ1) is 4.00. The van der Waals surface area contributed by atoms with Crippen molar-refractivity contribution in [3.8, 4) is 0 Å². The Morgan fingerprint density at radius 2 is 1.89 bits per heavy atom. The van der Waals surface area contributed by atoms with Gasteiger partial charge in [-0.3, -0.25) is 0 Å². The lowest BCUT2D eigenvalue weighted by atomic mass is 10.6. The molecule has 0 aromatic heterocycles. The van der Waals surface area contributed by atoms with Crippen LogP contribution in [0.1, 0.15) is 13.3 Å². The summed E-state index contributed by atoms with van der Waals surface area (Å²) in [6.07, 6.45) is 0.713. The van der Waals surface area contributed by atoms with Crippen LogP contribution in [0.3, 0.4) is 0 Å². The Hall–Kier alpha value is 1.41. The van der Waals surface area contributed by atoms with Crippen molar-refractivity contribution in [2.45, 2.75) is 14.6 Å². The van der Waals surface area contributed by atoms with E-state index in [1.165, 1.54) is 0 Å². The molecule has 2 nitrogen and oxygen atoms in total. The Morgan fingerprint density at radius 3 is 2.00 bits per heavy atom. The van der Waals surface area contributed by atoms with Crippen LogP contribution in [0.4, 0.5) is 0 Å². The van der Waals surface area contributed by atoms with Crippen LogP contribution < -0.4 is 0 Å². The molecule has 0 unspecified atom stereocenters. The molecule has 0 rings (SSSR count). The molecule has 0 bridgehead atoms. The van der Waals surface area contributed by atoms with E-state index in [0.717, 1.165) is 0 Å². The van der Waals surface area contributed by atoms with Gasteiger partial charge in [0.2, 0.25) is 0 Å². The van der Waals surface area contributed by atoms with Crippen LogP contribution in [0.25, 0.3) is 0 Å². The Morgan fingerprint density at radius 1 is 1.44 bits per heavy atom. The van der Waals surface area contributed by atoms with E-state index >= 15 is 0 Å². The van der Waals surface area contributed by atoms with Gasteiger partial charge in [0.1, 0.15) is 0 Å². The van der Waals surface area contributed by atoms with Crippen molar-refractivity contribution >= 4 is 55.0 Å². The summed E-state index contributed by atoms with van der Waals surface area (Å²) in [6.45, 7) is 1.87. The fourth-order valence-electron chi connectivity index (χ4n) is 0.374. The molecule has 0 aromatic carbocycles. The van der Waals surface area contributed by atoms with Gasteiger partial charge in [-0.2, -0.15) is 0 Å². The van der Waals surface area contributed by atoms with Crippen LogP contribution in [-0.4, -0.2) is 15.4 Å². The molecule has 56 valence electrons. The SMILES string of the molecule is CCCS(=O)(=O)C(I)I. The summed E-state index contributed by atoms with van der Waals surface area (Å²) in [5.74, 6) is 0.309. The van der Waals surface area contributed by atoms with Crippen molar-refractivity contribution < 1.29 is 8.42 Å². The van der Waals surface area contributed by atoms with E-state index in [4.69, 9.17) is 0 Å². The first kappa shape index (κ1) is 10.4. The van der Waals surface area contributed by atoms with Crippen molar-refractivity contribution in [1.29, 1.82) is 0 Å². The molecule has 0 aliphatic rings. The summed E-state index contributed by atoms with van der Waals surface area (Å²) >= 11 is 3.81. The molecular weight excluding hydrogens is 366 g/mol. The molecule has 0 saturated heterocycles. The van der Waals surface area contributed by atoms with E-state index in [1.54, 1.807) is 0 Å². The van der Waals surface area contributed by atoms with E-state index < -0.39 is 9.84 Å². The van der Waals surface area contributed by atoms with Gasteiger partial charge < -0.3 is 0 Å². The monoisotopic (exact) mass is 374 g/mol. The highest BCUT2D eigenvalue weighted by atomic mass is 127. The molecule has 0 heterocycles. The highest BCUT2D eigenvalue weighted by molar-refractivity contribution is 14.2. The molecule has 9 heavy (non-hydrogen) atoms. The fourth-order valence-corrected chi connectivity index (χ4v) is 2.65. The van der Waals surface area contributed by atoms with Crippen LogP contribution in [0.15, 0.2) is 0 Å². The molecule has 5 heteroatoms. The van der Waals surface area contributed by atoms with Crippen molar-refractivity contribution in [3.63, 3.8) is 0 Å². The maximum absolute atomic E-state index is 10.9. The zero-order chi connectivity index (χ0) is 7.49. The minimum absolute atomic E-state index is 0.271. The minimum Gasteiger partial charge on any atom is -0.227 e. The summed E-state index contributed by atoms with van der Waals surface area (Å²) in [7, 11) is -2.77. The molecule has 0 fully saturated rings. The van der Waals surface area contributed by atoms with Crippen LogP contribution in [-0.2, 0) is 9.84 Å². The number of rotatable bonds is 3. The first-order valence-electron chi connectivity index (χ1n) is 2.50. The van der Waals surface area contributed by atoms with E-state index in [2.05, 4.69) is 0 Å². The van der Waals surface area contributed by atoms with Crippen LogP contribution >= 0.6 is 45.2 Å². The van der Waals surface area contributed by atoms with Crippen molar-refractivity contribution in [2.75, 3.05) is 5.75 Å². The predicted octanol–water partition coefficient (Wildman–Crippen LogP) is 1.96. The maximum atomic E-state index is 10.9. The topological polar surface area (TPSA) is 34.1 Å². The van der Waals surface area contributed by atoms with E-state index in [9.17, 15) is 8.42 Å². The van der Waals surface area contributed by atoms with Gasteiger partial charge in [0.15, 0.2) is 11.1 Å². The highest BCUT2D eigenvalue weighted by Crippen LogP contribution is 2.18. The summed E-state index contributed by atoms with van der Waals surface area (Å²) in [5, 5.41) is 0. The van der Waals surface area contributed by atoms with Crippen molar-refractivity contribution in [1.82, 2.24) is 0 Å². The lowest BCUT2D eigenvalue weighted by Gasteiger charge is -2.00. The van der Waals surface area contributed by atoms with E-state index in [1.807, 2.05) is 52.1 Å². The zero-order valence-electron chi connectivity index (χ0n) is 4.97. The number of sulfone groups is 1. The Balaban J connectivity index is 4.05. The second kappa shape index (κ2) is 4.32. The molecule has 0 atom stereocenters. The summed E-state index contributed by atoms with van der Waals surface area (Å²) in [4.78, 5) is 0. The zero-order valence-corrected chi connectivity index (χ0v) is 10.1. The third kappa shape index (κ3) is 3.97. The molecule has 0 aliphatic carbocycles. The second-order valence-corrected chi connectivity index (χ2v) is 10.4. The quantitative estimate of drug-likeness (QED) is 0.560. The molecule has 0 aromatic rings. The van der Waals surface area contributed by atoms with Crippen LogP contribution in [0, 0.1) is 0 Å². The third-order valence-corrected chi connectivity index (χ3v) is 6.93. The number of hydrogen-bond acceptors (Lipinski definition) is 2. The Kier molecular flexibility index (Phi) is 5.00. The van der Waals surface area contributed by atoms with E-state index in [-0.39, 0.29) is 1.26 Å². The summed E-state index contributed by atoms with van der Waals surface area (Å²) in [5.41, 5.74) is 0. The van der Waals surface area contributed by atoms with Gasteiger partial charge in [-0.25, -0.2) is 8.42 Å². The average Bonchev–Trinajstić information content (AvgIpc) is 1.65. The molecule has 0 radical (unpaired) electrons. The Labute approximate surface area is 83.0 Å². The standard InChI is InChI=1S/C4H8I2O2S/c1-2-3-9(7,8)4(5)6/h4H,2-3H2,1H3. The van der Waals surface area contributed by atoms with E-state index in [0.29, 0.717) is 12.2 Å². The van der Waals surface area contributed by atoms with Crippen molar-refractivity contribution in [3.05, 3.63) is 0 Å². The van der Waals surface area contributed by atoms with Gasteiger partial charge >= 0.3 is 0 Å². The molecule has 0 saturated carbocycles. The van der Waals surface area contributed by atoms with Gasteiger partial charge in [-0.1, -0.05) is 52.1 Å². The largest absolute Gasteiger partial charge is 0.227 e. The fraction of sp³-hybridized carbons (Fsp3) is 1.00. The van der Waals surface area contributed by atoms with Gasteiger partial charge in [0, 0.05) is 0 Å². The van der Waals surface area contributed by atoms with Gasteiger partial charge in [-0.15, -0.1) is 0 Å². The van der Waals surface area contributed by atoms with Gasteiger partial charge in [0.25, 0.3) is 0 Å². The molecular formula is C4H8I2O2S. The first-order valence-corrected chi connectivity index (χ1v) is 6.71. The van der Waals surface area contributed by atoms with Crippen molar-refractivity contribution in [2.24, 2.45) is 0 Å². The summed E-state index contributed by atoms with van der Waals surface area (Å²) in [6, 6.07) is 0. The van der Waals surface area contributed by atoms with Gasteiger partial charge in [0.05, 0.1) is 5.75 Å². The molecule has 0 amide bonds. The normalized spacial score (nSPS) is 12.4. The Bertz CT molecular complexity index is 161. The molecule has 0 N–H and O–H groups in total. The van der Waals surface area contributed by atoms with Crippen LogP contribution in [0.2, 0.25) is 0 Å². The van der Waals surface area contributed by atoms with Crippen LogP contribution in [0.5, 0.6) is 0 Å².